The molecule has 0 bridgehead atoms. The number of hydrogen-bond acceptors (Lipinski definition) is 7. The van der Waals surface area contributed by atoms with Crippen molar-refractivity contribution in [1.82, 2.24) is 4.98 Å². The second-order valence-corrected chi connectivity index (χ2v) is 6.96. The highest BCUT2D eigenvalue weighted by Crippen LogP contribution is 2.32. The van der Waals surface area contributed by atoms with E-state index in [1.807, 2.05) is 37.3 Å². The number of aryl methyl sites for hydroxylation is 1. The van der Waals surface area contributed by atoms with Crippen molar-refractivity contribution >= 4 is 11.9 Å². The molecule has 4 rings (SSSR count). The molecule has 1 atom stereocenters. The van der Waals surface area contributed by atoms with Crippen LogP contribution >= 0.6 is 0 Å². The van der Waals surface area contributed by atoms with Gasteiger partial charge < -0.3 is 18.6 Å². The number of ether oxygens (including phenoxy) is 3. The normalized spacial score (nSPS) is 15.3. The Hall–Kier alpha value is -3.61. The molecule has 0 N–H and O–H groups in total. The first-order chi connectivity index (χ1) is 14.5. The standard InChI is InChI=1S/C23H21NO6/c1-14-19(24-21(29-14)15-6-4-3-5-7-15)10-11-28-17-8-9-20-16(12-17)13-18(22(25)27-2)23(26)30-20/h3-9,12,18H,10-11,13H2,1-2H3. The number of carbonyl (C=O) groups excluding carboxylic acids is 2. The van der Waals surface area contributed by atoms with Crippen LogP contribution in [0.4, 0.5) is 0 Å². The average molecular weight is 407 g/mol. The summed E-state index contributed by atoms with van der Waals surface area (Å²) in [7, 11) is 1.25. The maximum atomic E-state index is 11.9. The molecule has 0 aliphatic carbocycles. The number of aromatic nitrogens is 1. The summed E-state index contributed by atoms with van der Waals surface area (Å²) in [5, 5.41) is 0. The second kappa shape index (κ2) is 8.41. The van der Waals surface area contributed by atoms with Crippen LogP contribution in [-0.4, -0.2) is 30.6 Å². The quantitative estimate of drug-likeness (QED) is 0.351. The average Bonchev–Trinajstić information content (AvgIpc) is 3.14. The van der Waals surface area contributed by atoms with Gasteiger partial charge in [-0.2, -0.15) is 0 Å². The summed E-state index contributed by atoms with van der Waals surface area (Å²) in [6.45, 7) is 2.29. The van der Waals surface area contributed by atoms with Crippen LogP contribution in [0.3, 0.4) is 0 Å². The van der Waals surface area contributed by atoms with Crippen molar-refractivity contribution in [2.75, 3.05) is 13.7 Å². The van der Waals surface area contributed by atoms with Gasteiger partial charge in [0.1, 0.15) is 17.3 Å². The minimum Gasteiger partial charge on any atom is -0.493 e. The Kier molecular flexibility index (Phi) is 5.52. The van der Waals surface area contributed by atoms with E-state index in [4.69, 9.17) is 13.9 Å². The third-order valence-corrected chi connectivity index (χ3v) is 4.96. The molecule has 0 amide bonds. The van der Waals surface area contributed by atoms with Gasteiger partial charge in [-0.3, -0.25) is 9.59 Å². The van der Waals surface area contributed by atoms with Crippen molar-refractivity contribution in [1.29, 1.82) is 0 Å². The monoisotopic (exact) mass is 407 g/mol. The predicted molar refractivity (Wildman–Crippen MR) is 107 cm³/mol. The van der Waals surface area contributed by atoms with E-state index in [9.17, 15) is 9.59 Å². The summed E-state index contributed by atoms with van der Waals surface area (Å²) in [4.78, 5) is 28.3. The van der Waals surface area contributed by atoms with E-state index in [-0.39, 0.29) is 6.42 Å². The van der Waals surface area contributed by atoms with Crippen molar-refractivity contribution in [2.45, 2.75) is 19.8 Å². The SMILES string of the molecule is COC(=O)C1Cc2cc(OCCc3nc(-c4ccccc4)oc3C)ccc2OC1=O. The maximum absolute atomic E-state index is 11.9. The van der Waals surface area contributed by atoms with Crippen molar-refractivity contribution in [3.63, 3.8) is 0 Å². The Bertz CT molecular complexity index is 1070. The second-order valence-electron chi connectivity index (χ2n) is 6.96. The van der Waals surface area contributed by atoms with Crippen LogP contribution in [0, 0.1) is 12.8 Å². The van der Waals surface area contributed by atoms with Gasteiger partial charge in [0.15, 0.2) is 5.92 Å². The fraction of sp³-hybridized carbons (Fsp3) is 0.261. The van der Waals surface area contributed by atoms with E-state index >= 15 is 0 Å². The Morgan fingerprint density at radius 1 is 1.20 bits per heavy atom. The lowest BCUT2D eigenvalue weighted by Gasteiger charge is -2.22. The van der Waals surface area contributed by atoms with Gasteiger partial charge in [-0.25, -0.2) is 4.98 Å². The van der Waals surface area contributed by atoms with Gasteiger partial charge in [-0.05, 0) is 37.3 Å². The molecule has 154 valence electrons. The molecule has 1 aliphatic rings. The largest absolute Gasteiger partial charge is 0.493 e. The summed E-state index contributed by atoms with van der Waals surface area (Å²) >= 11 is 0. The lowest BCUT2D eigenvalue weighted by atomic mass is 9.96. The van der Waals surface area contributed by atoms with Crippen LogP contribution in [0.1, 0.15) is 17.0 Å². The first-order valence-electron chi connectivity index (χ1n) is 9.62. The number of esters is 2. The van der Waals surface area contributed by atoms with Crippen molar-refractivity contribution in [3.05, 3.63) is 65.5 Å². The molecule has 0 saturated carbocycles. The number of hydrogen-bond donors (Lipinski definition) is 0. The van der Waals surface area contributed by atoms with E-state index in [1.165, 1.54) is 7.11 Å². The molecule has 2 heterocycles. The number of fused-ring (bicyclic) bond motifs is 1. The molecule has 7 nitrogen and oxygen atoms in total. The van der Waals surface area contributed by atoms with Gasteiger partial charge in [0.05, 0.1) is 19.4 Å². The molecule has 0 spiro atoms. The van der Waals surface area contributed by atoms with Crippen LogP contribution in [-0.2, 0) is 27.2 Å². The molecule has 30 heavy (non-hydrogen) atoms. The Morgan fingerprint density at radius 3 is 2.77 bits per heavy atom. The van der Waals surface area contributed by atoms with Gasteiger partial charge in [0, 0.05) is 24.0 Å². The molecule has 0 radical (unpaired) electrons. The van der Waals surface area contributed by atoms with Crippen LogP contribution in [0.15, 0.2) is 52.9 Å². The van der Waals surface area contributed by atoms with E-state index in [2.05, 4.69) is 9.72 Å². The summed E-state index contributed by atoms with van der Waals surface area (Å²) < 4.78 is 21.5. The van der Waals surface area contributed by atoms with Gasteiger partial charge in [-0.1, -0.05) is 18.2 Å². The van der Waals surface area contributed by atoms with E-state index in [0.717, 1.165) is 22.6 Å². The molecule has 1 unspecified atom stereocenters. The molecule has 1 aliphatic heterocycles. The van der Waals surface area contributed by atoms with Crippen LogP contribution in [0.25, 0.3) is 11.5 Å². The highest BCUT2D eigenvalue weighted by molar-refractivity contribution is 5.97. The fourth-order valence-electron chi connectivity index (χ4n) is 3.34. The Balaban J connectivity index is 1.40. The zero-order valence-electron chi connectivity index (χ0n) is 16.7. The number of methoxy groups -OCH3 is 1. The lowest BCUT2D eigenvalue weighted by molar-refractivity contribution is -0.156. The first-order valence-corrected chi connectivity index (χ1v) is 9.62. The van der Waals surface area contributed by atoms with E-state index in [0.29, 0.717) is 30.4 Å². The number of benzene rings is 2. The molecule has 3 aromatic rings. The highest BCUT2D eigenvalue weighted by atomic mass is 16.6. The predicted octanol–water partition coefficient (Wildman–Crippen LogP) is 3.52. The lowest BCUT2D eigenvalue weighted by Crippen LogP contribution is -2.34. The summed E-state index contributed by atoms with van der Waals surface area (Å²) in [6, 6.07) is 14.9. The third kappa shape index (κ3) is 4.05. The zero-order chi connectivity index (χ0) is 21.1. The minimum absolute atomic E-state index is 0.223. The maximum Gasteiger partial charge on any atom is 0.326 e. The van der Waals surface area contributed by atoms with Gasteiger partial charge >= 0.3 is 11.9 Å². The van der Waals surface area contributed by atoms with Gasteiger partial charge in [0.2, 0.25) is 5.89 Å². The van der Waals surface area contributed by atoms with Gasteiger partial charge in [-0.15, -0.1) is 0 Å². The number of oxazole rings is 1. The number of nitrogens with zero attached hydrogens (tertiary/aromatic N) is 1. The molecule has 1 aromatic heterocycles. The number of carbonyl (C=O) groups is 2. The zero-order valence-corrected chi connectivity index (χ0v) is 16.7. The molecule has 7 heteroatoms. The molecular weight excluding hydrogens is 386 g/mol. The van der Waals surface area contributed by atoms with E-state index < -0.39 is 17.9 Å². The third-order valence-electron chi connectivity index (χ3n) is 4.96. The first kappa shape index (κ1) is 19.7. The minimum atomic E-state index is -0.952. The summed E-state index contributed by atoms with van der Waals surface area (Å²) in [6.07, 6.45) is 0.805. The molecular formula is C23H21NO6. The smallest absolute Gasteiger partial charge is 0.326 e. The van der Waals surface area contributed by atoms with Crippen LogP contribution < -0.4 is 9.47 Å². The van der Waals surface area contributed by atoms with Crippen molar-refractivity contribution in [3.8, 4) is 23.0 Å². The number of rotatable bonds is 6. The molecule has 0 saturated heterocycles. The van der Waals surface area contributed by atoms with Crippen LogP contribution in [0.2, 0.25) is 0 Å². The summed E-state index contributed by atoms with van der Waals surface area (Å²) in [5.74, 6) is 0.258. The van der Waals surface area contributed by atoms with E-state index in [1.54, 1.807) is 18.2 Å². The Labute approximate surface area is 173 Å². The fourth-order valence-corrected chi connectivity index (χ4v) is 3.34. The molecule has 2 aromatic carbocycles. The van der Waals surface area contributed by atoms with Crippen LogP contribution in [0.5, 0.6) is 11.5 Å². The Morgan fingerprint density at radius 2 is 2.00 bits per heavy atom. The highest BCUT2D eigenvalue weighted by Gasteiger charge is 2.35. The van der Waals surface area contributed by atoms with Crippen molar-refractivity contribution in [2.24, 2.45) is 5.92 Å². The summed E-state index contributed by atoms with van der Waals surface area (Å²) in [5.41, 5.74) is 2.50. The molecule has 0 fully saturated rings. The topological polar surface area (TPSA) is 87.9 Å². The van der Waals surface area contributed by atoms with Gasteiger partial charge in [0.25, 0.3) is 0 Å². The van der Waals surface area contributed by atoms with Crippen molar-refractivity contribution < 1.29 is 28.2 Å².